The van der Waals surface area contributed by atoms with Crippen LogP contribution in [-0.2, 0) is 11.3 Å². The van der Waals surface area contributed by atoms with Crippen LogP contribution in [0, 0.1) is 11.3 Å². The van der Waals surface area contributed by atoms with Crippen molar-refractivity contribution in [3.8, 4) is 28.9 Å². The number of nitriles is 1. The lowest BCUT2D eigenvalue weighted by atomic mass is 10.0. The number of nitrogens with zero attached hydrogens (tertiary/aromatic N) is 4. The fourth-order valence-electron chi connectivity index (χ4n) is 4.99. The molecule has 4 aromatic rings. The van der Waals surface area contributed by atoms with Crippen LogP contribution in [0.2, 0.25) is 10.0 Å². The van der Waals surface area contributed by atoms with Crippen LogP contribution in [0.3, 0.4) is 0 Å². The quantitative estimate of drug-likeness (QED) is 0.220. The van der Waals surface area contributed by atoms with E-state index in [0.29, 0.717) is 74.8 Å². The highest BCUT2D eigenvalue weighted by atomic mass is 35.5. The van der Waals surface area contributed by atoms with Crippen LogP contribution in [0.1, 0.15) is 31.9 Å². The van der Waals surface area contributed by atoms with Gasteiger partial charge in [-0.25, -0.2) is 4.79 Å². The number of nitrogens with one attached hydrogen (secondary N) is 1. The molecule has 2 aromatic carbocycles. The molecule has 12 heteroatoms. The molecule has 3 heterocycles. The highest BCUT2D eigenvalue weighted by Gasteiger charge is 2.26. The van der Waals surface area contributed by atoms with Crippen molar-refractivity contribution in [3.63, 3.8) is 0 Å². The number of furan rings is 1. The summed E-state index contributed by atoms with van der Waals surface area (Å²) in [7, 11) is 3.09. The second-order valence-electron chi connectivity index (χ2n) is 11.4. The van der Waals surface area contributed by atoms with Crippen molar-refractivity contribution in [3.05, 3.63) is 64.0 Å². The first kappa shape index (κ1) is 31.3. The Balaban J connectivity index is 1.38. The zero-order valence-electron chi connectivity index (χ0n) is 25.2. The van der Waals surface area contributed by atoms with E-state index < -0.39 is 5.60 Å². The number of piperazine rings is 1. The summed E-state index contributed by atoms with van der Waals surface area (Å²) < 4.78 is 22.6. The fraction of sp³-hybridized carbons (Fsp3) is 0.344. The van der Waals surface area contributed by atoms with Gasteiger partial charge in [-0.05, 0) is 45.0 Å². The molecule has 0 saturated carbocycles. The fourth-order valence-corrected chi connectivity index (χ4v) is 5.50. The Morgan fingerprint density at radius 2 is 1.77 bits per heavy atom. The first-order chi connectivity index (χ1) is 21.0. The summed E-state index contributed by atoms with van der Waals surface area (Å²) in [5.74, 6) is 1.61. The maximum absolute atomic E-state index is 12.4. The number of halogens is 2. The molecule has 0 bridgehead atoms. The maximum Gasteiger partial charge on any atom is 0.410 e. The van der Waals surface area contributed by atoms with Crippen molar-refractivity contribution in [2.75, 3.05) is 45.7 Å². The first-order valence-electron chi connectivity index (χ1n) is 14.0. The van der Waals surface area contributed by atoms with Gasteiger partial charge in [0, 0.05) is 55.9 Å². The Morgan fingerprint density at radius 3 is 2.43 bits per heavy atom. The van der Waals surface area contributed by atoms with Gasteiger partial charge in [-0.2, -0.15) is 5.26 Å². The number of pyridine rings is 1. The molecule has 1 N–H and O–H groups in total. The topological polar surface area (TPSA) is 113 Å². The van der Waals surface area contributed by atoms with Crippen molar-refractivity contribution in [2.45, 2.75) is 32.9 Å². The number of fused-ring (bicyclic) bond motifs is 1. The van der Waals surface area contributed by atoms with E-state index in [1.165, 1.54) is 13.3 Å². The van der Waals surface area contributed by atoms with Crippen LogP contribution in [-0.4, -0.2) is 66.9 Å². The highest BCUT2D eigenvalue weighted by Crippen LogP contribution is 2.41. The van der Waals surface area contributed by atoms with E-state index in [1.54, 1.807) is 30.4 Å². The molecule has 230 valence electrons. The summed E-state index contributed by atoms with van der Waals surface area (Å²) in [6, 6.07) is 11.1. The standard InChI is InChI=1S/C32H33Cl2N5O5/c1-32(2,3)44-31(40)39-8-6-38(7-9-39)17-19-10-28(43-18-19)22-11-25-21(12-27(22)41-4)30(20(15-35)16-36-25)37-26-14-29(42-5)24(34)13-23(26)33/h10-14,16,18H,6-9,17H2,1-5H3,(H,36,37). The number of hydrogen-bond donors (Lipinski definition) is 1. The van der Waals surface area contributed by atoms with Gasteiger partial charge in [-0.1, -0.05) is 23.2 Å². The number of ether oxygens (including phenoxy) is 3. The molecule has 1 saturated heterocycles. The monoisotopic (exact) mass is 637 g/mol. The molecule has 0 unspecified atom stereocenters. The summed E-state index contributed by atoms with van der Waals surface area (Å²) in [6.07, 6.45) is 2.96. The molecule has 0 aliphatic carbocycles. The van der Waals surface area contributed by atoms with Crippen molar-refractivity contribution in [1.29, 1.82) is 5.26 Å². The Morgan fingerprint density at radius 1 is 1.05 bits per heavy atom. The predicted octanol–water partition coefficient (Wildman–Crippen LogP) is 7.49. The largest absolute Gasteiger partial charge is 0.496 e. The number of amides is 1. The molecule has 10 nitrogen and oxygen atoms in total. The average Bonchev–Trinajstić information content (AvgIpc) is 3.45. The second-order valence-corrected chi connectivity index (χ2v) is 12.2. The molecule has 0 spiro atoms. The van der Waals surface area contributed by atoms with Gasteiger partial charge in [0.15, 0.2) is 0 Å². The number of carbonyl (C=O) groups excluding carboxylic acids is 1. The zero-order chi connectivity index (χ0) is 31.6. The molecule has 1 aliphatic rings. The lowest BCUT2D eigenvalue weighted by Crippen LogP contribution is -2.49. The van der Waals surface area contributed by atoms with Gasteiger partial charge in [0.05, 0.1) is 58.5 Å². The molecule has 0 atom stereocenters. The summed E-state index contributed by atoms with van der Waals surface area (Å²) in [5.41, 5.74) is 3.17. The van der Waals surface area contributed by atoms with E-state index in [2.05, 4.69) is 21.3 Å². The Bertz CT molecular complexity index is 1740. The van der Waals surface area contributed by atoms with Crippen LogP contribution >= 0.6 is 23.2 Å². The molecule has 1 aliphatic heterocycles. The number of anilines is 2. The third-order valence-corrected chi connectivity index (χ3v) is 7.77. The van der Waals surface area contributed by atoms with Crippen molar-refractivity contribution in [1.82, 2.24) is 14.8 Å². The predicted molar refractivity (Wildman–Crippen MR) is 170 cm³/mol. The Hall–Kier alpha value is -4.17. The lowest BCUT2D eigenvalue weighted by molar-refractivity contribution is 0.0139. The molecule has 0 radical (unpaired) electrons. The molecular weight excluding hydrogens is 605 g/mol. The third-order valence-electron chi connectivity index (χ3n) is 7.16. The van der Waals surface area contributed by atoms with Gasteiger partial charge in [0.1, 0.15) is 28.9 Å². The van der Waals surface area contributed by atoms with Gasteiger partial charge in [0.25, 0.3) is 0 Å². The first-order valence-corrected chi connectivity index (χ1v) is 14.7. The number of benzene rings is 2. The minimum atomic E-state index is -0.518. The highest BCUT2D eigenvalue weighted by molar-refractivity contribution is 6.37. The molecule has 44 heavy (non-hydrogen) atoms. The number of hydrogen-bond acceptors (Lipinski definition) is 9. The van der Waals surface area contributed by atoms with Crippen LogP contribution in [0.25, 0.3) is 22.2 Å². The van der Waals surface area contributed by atoms with E-state index in [4.69, 9.17) is 41.8 Å². The van der Waals surface area contributed by atoms with Crippen LogP contribution in [0.15, 0.2) is 47.2 Å². The van der Waals surface area contributed by atoms with Crippen molar-refractivity contribution >= 4 is 51.6 Å². The van der Waals surface area contributed by atoms with Crippen LogP contribution in [0.5, 0.6) is 11.5 Å². The van der Waals surface area contributed by atoms with Crippen molar-refractivity contribution in [2.24, 2.45) is 0 Å². The lowest BCUT2D eigenvalue weighted by Gasteiger charge is -2.35. The van der Waals surface area contributed by atoms with Gasteiger partial charge < -0.3 is 28.8 Å². The van der Waals surface area contributed by atoms with Gasteiger partial charge in [-0.3, -0.25) is 9.88 Å². The third kappa shape index (κ3) is 6.81. The van der Waals surface area contributed by atoms with Gasteiger partial charge >= 0.3 is 6.09 Å². The minimum absolute atomic E-state index is 0.281. The van der Waals surface area contributed by atoms with Crippen molar-refractivity contribution < 1.29 is 23.4 Å². The van der Waals surface area contributed by atoms with Crippen LogP contribution < -0.4 is 14.8 Å². The van der Waals surface area contributed by atoms with E-state index in [9.17, 15) is 10.1 Å². The van der Waals surface area contributed by atoms with E-state index >= 15 is 0 Å². The van der Waals surface area contributed by atoms with E-state index in [1.807, 2.05) is 39.0 Å². The zero-order valence-corrected chi connectivity index (χ0v) is 26.7. The average molecular weight is 639 g/mol. The Labute approximate surface area is 266 Å². The molecule has 1 amide bonds. The summed E-state index contributed by atoms with van der Waals surface area (Å²) in [6.45, 7) is 8.92. The summed E-state index contributed by atoms with van der Waals surface area (Å²) in [5, 5.41) is 14.5. The van der Waals surface area contributed by atoms with Gasteiger partial charge in [0.2, 0.25) is 0 Å². The van der Waals surface area contributed by atoms with E-state index in [0.717, 1.165) is 24.2 Å². The normalized spacial score (nSPS) is 13.9. The molecule has 1 fully saturated rings. The minimum Gasteiger partial charge on any atom is -0.496 e. The van der Waals surface area contributed by atoms with Crippen LogP contribution in [0.4, 0.5) is 16.2 Å². The number of carbonyl (C=O) groups is 1. The maximum atomic E-state index is 12.4. The number of rotatable bonds is 7. The Kier molecular flexibility index (Phi) is 9.11. The molecular formula is C32H33Cl2N5O5. The SMILES string of the molecule is COc1cc(Nc2c(C#N)cnc3cc(-c4cc(CN5CCN(C(=O)OC(C)(C)C)CC5)co4)c(OC)cc23)c(Cl)cc1Cl. The summed E-state index contributed by atoms with van der Waals surface area (Å²) >= 11 is 12.7. The second kappa shape index (κ2) is 12.8. The van der Waals surface area contributed by atoms with E-state index in [-0.39, 0.29) is 6.09 Å². The molecule has 5 rings (SSSR count). The number of methoxy groups -OCH3 is 2. The summed E-state index contributed by atoms with van der Waals surface area (Å²) in [4.78, 5) is 21.0. The van der Waals surface area contributed by atoms with Gasteiger partial charge in [-0.15, -0.1) is 0 Å². The smallest absolute Gasteiger partial charge is 0.410 e. The molecule has 2 aromatic heterocycles. The number of aromatic nitrogens is 1.